The second-order valence-corrected chi connectivity index (χ2v) is 15.1. The van der Waals surface area contributed by atoms with Crippen LogP contribution >= 0.6 is 11.6 Å². The van der Waals surface area contributed by atoms with Crippen molar-refractivity contribution in [3.05, 3.63) is 155 Å². The summed E-state index contributed by atoms with van der Waals surface area (Å²) in [6.45, 7) is 0. The van der Waals surface area contributed by atoms with Crippen LogP contribution in [-0.2, 0) is 24.6 Å². The Hall–Kier alpha value is -6.32. The monoisotopic (exact) mass is 745 g/mol. The van der Waals surface area contributed by atoms with Crippen molar-refractivity contribution in [3.8, 4) is 17.2 Å². The van der Waals surface area contributed by atoms with Crippen molar-refractivity contribution in [1.29, 1.82) is 0 Å². The van der Waals surface area contributed by atoms with Gasteiger partial charge in [-0.1, -0.05) is 90.0 Å². The molecule has 6 unspecified atom stereocenters. The maximum Gasteiger partial charge on any atom is 0.246 e. The fraction of sp³-hybridized carbons (Fsp3) is 0.178. The van der Waals surface area contributed by atoms with Crippen molar-refractivity contribution in [2.24, 2.45) is 23.7 Å². The number of rotatable bonds is 5. The number of anilines is 2. The van der Waals surface area contributed by atoms with Crippen LogP contribution in [-0.4, -0.2) is 33.7 Å². The molecule has 2 saturated heterocycles. The number of aromatic nitrogens is 1. The van der Waals surface area contributed by atoms with Gasteiger partial charge < -0.3 is 9.52 Å². The van der Waals surface area contributed by atoms with E-state index in [0.717, 1.165) is 11.1 Å². The van der Waals surface area contributed by atoms with E-state index < -0.39 is 46.8 Å². The normalized spacial score (nSPS) is 25.9. The van der Waals surface area contributed by atoms with Crippen LogP contribution in [0.3, 0.4) is 0 Å². The van der Waals surface area contributed by atoms with Crippen LogP contribution in [0.2, 0.25) is 5.02 Å². The first kappa shape index (κ1) is 33.3. The van der Waals surface area contributed by atoms with Crippen LogP contribution in [0.1, 0.15) is 29.9 Å². The minimum Gasteiger partial charge on any atom is -0.508 e. The van der Waals surface area contributed by atoms with Crippen LogP contribution in [0.5, 0.6) is 5.75 Å². The number of benzene rings is 5. The van der Waals surface area contributed by atoms with E-state index in [4.69, 9.17) is 16.0 Å². The van der Waals surface area contributed by atoms with Gasteiger partial charge in [0.1, 0.15) is 11.3 Å². The van der Waals surface area contributed by atoms with Crippen molar-refractivity contribution in [2.75, 3.05) is 9.80 Å². The Labute approximate surface area is 320 Å². The van der Waals surface area contributed by atoms with Gasteiger partial charge in [0.25, 0.3) is 0 Å². The summed E-state index contributed by atoms with van der Waals surface area (Å²) in [5.74, 6) is -4.88. The first-order valence-electron chi connectivity index (χ1n) is 18.3. The van der Waals surface area contributed by atoms with Crippen LogP contribution in [0.4, 0.5) is 11.4 Å². The Morgan fingerprint density at radius 3 is 2.24 bits per heavy atom. The summed E-state index contributed by atoms with van der Waals surface area (Å²) in [5, 5.41) is 11.9. The zero-order valence-corrected chi connectivity index (χ0v) is 30.0. The molecule has 9 nitrogen and oxygen atoms in total. The fourth-order valence-corrected chi connectivity index (χ4v) is 10.0. The average molecular weight is 746 g/mol. The van der Waals surface area contributed by atoms with E-state index in [1.54, 1.807) is 72.8 Å². The number of nitrogens with zero attached hydrogens (tertiary/aromatic N) is 3. The number of allylic oxidation sites excluding steroid dienone is 2. The minimum atomic E-state index is -1.47. The lowest BCUT2D eigenvalue weighted by molar-refractivity contribution is -0.127. The van der Waals surface area contributed by atoms with E-state index in [-0.39, 0.29) is 30.4 Å². The number of para-hydroxylation sites is 3. The molecular weight excluding hydrogens is 714 g/mol. The van der Waals surface area contributed by atoms with Crippen molar-refractivity contribution in [3.63, 3.8) is 0 Å². The highest BCUT2D eigenvalue weighted by atomic mass is 35.5. The van der Waals surface area contributed by atoms with Gasteiger partial charge in [-0.3, -0.25) is 24.1 Å². The molecule has 55 heavy (non-hydrogen) atoms. The number of imide groups is 2. The van der Waals surface area contributed by atoms with Gasteiger partial charge in [-0.2, -0.15) is 0 Å². The lowest BCUT2D eigenvalue weighted by atomic mass is 9.49. The van der Waals surface area contributed by atoms with Gasteiger partial charge >= 0.3 is 0 Å². The standard InChI is InChI=1S/C45H32ClN3O6/c46-27-11-8-12-29(23-27)49-42(52)34-24-33-30(39(31-13-4-6-15-36(31)50)45(34,44(49)54)26-9-2-1-3-10-26)21-22-32-38(33)43(53)48(41(32)51)28-19-17-25(18-20-28)40-47-35-14-5-7-16-37(35)55-40/h1-21,23,32-34,38-39,50H,22,24H2. The number of hydrogen-bond acceptors (Lipinski definition) is 7. The third-order valence-corrected chi connectivity index (χ3v) is 12.3. The molecule has 2 aliphatic heterocycles. The van der Waals surface area contributed by atoms with E-state index in [1.807, 2.05) is 60.7 Å². The average Bonchev–Trinajstić information content (AvgIpc) is 3.82. The molecule has 0 bridgehead atoms. The number of phenolic OH excluding ortho intramolecular Hbond substituents is 1. The Bertz CT molecular complexity index is 2590. The quantitative estimate of drug-likeness (QED) is 0.139. The number of fused-ring (bicyclic) bond motifs is 5. The molecule has 5 aromatic carbocycles. The van der Waals surface area contributed by atoms with E-state index >= 15 is 4.79 Å². The van der Waals surface area contributed by atoms with Crippen LogP contribution in [0.15, 0.2) is 143 Å². The Morgan fingerprint density at radius 1 is 0.727 bits per heavy atom. The van der Waals surface area contributed by atoms with Crippen LogP contribution in [0, 0.1) is 23.7 Å². The highest BCUT2D eigenvalue weighted by Gasteiger charge is 2.70. The molecule has 0 spiro atoms. The molecule has 270 valence electrons. The van der Waals surface area contributed by atoms with Gasteiger partial charge in [-0.25, -0.2) is 9.88 Å². The van der Waals surface area contributed by atoms with Gasteiger partial charge in [0, 0.05) is 22.1 Å². The first-order valence-corrected chi connectivity index (χ1v) is 18.7. The molecule has 6 atom stereocenters. The number of carbonyl (C=O) groups is 4. The summed E-state index contributed by atoms with van der Waals surface area (Å²) in [7, 11) is 0. The molecule has 0 radical (unpaired) electrons. The number of aromatic hydroxyl groups is 1. The predicted octanol–water partition coefficient (Wildman–Crippen LogP) is 8.22. The maximum atomic E-state index is 15.3. The maximum absolute atomic E-state index is 15.3. The highest BCUT2D eigenvalue weighted by Crippen LogP contribution is 2.65. The van der Waals surface area contributed by atoms with Crippen molar-refractivity contribution in [1.82, 2.24) is 4.98 Å². The minimum absolute atomic E-state index is 0.0267. The Morgan fingerprint density at radius 2 is 1.47 bits per heavy atom. The zero-order chi connectivity index (χ0) is 37.6. The van der Waals surface area contributed by atoms with E-state index in [0.29, 0.717) is 44.6 Å². The van der Waals surface area contributed by atoms with Crippen LogP contribution < -0.4 is 9.80 Å². The van der Waals surface area contributed by atoms with Crippen molar-refractivity contribution >= 4 is 57.7 Å². The van der Waals surface area contributed by atoms with Gasteiger partial charge in [-0.15, -0.1) is 0 Å². The molecule has 10 heteroatoms. The number of amides is 4. The summed E-state index contributed by atoms with van der Waals surface area (Å²) in [6, 6.07) is 37.2. The van der Waals surface area contributed by atoms with Gasteiger partial charge in [0.05, 0.1) is 34.5 Å². The van der Waals surface area contributed by atoms with E-state index in [1.165, 1.54) is 9.80 Å². The second kappa shape index (κ2) is 12.4. The fourth-order valence-electron chi connectivity index (χ4n) is 9.82. The summed E-state index contributed by atoms with van der Waals surface area (Å²) in [6.07, 6.45) is 2.39. The number of oxazole rings is 1. The van der Waals surface area contributed by atoms with Crippen LogP contribution in [0.25, 0.3) is 22.6 Å². The Kier molecular flexibility index (Phi) is 7.48. The zero-order valence-electron chi connectivity index (χ0n) is 29.2. The van der Waals surface area contributed by atoms with Crippen molar-refractivity contribution in [2.45, 2.75) is 24.2 Å². The largest absolute Gasteiger partial charge is 0.508 e. The lowest BCUT2D eigenvalue weighted by Crippen LogP contribution is -2.53. The number of halogens is 1. The molecule has 4 amide bonds. The second-order valence-electron chi connectivity index (χ2n) is 14.7. The molecule has 1 aromatic heterocycles. The van der Waals surface area contributed by atoms with E-state index in [2.05, 4.69) is 4.98 Å². The third-order valence-electron chi connectivity index (χ3n) is 12.1. The smallest absolute Gasteiger partial charge is 0.246 e. The molecule has 4 aliphatic rings. The molecular formula is C45H32ClN3O6. The summed E-state index contributed by atoms with van der Waals surface area (Å²) >= 11 is 6.41. The SMILES string of the molecule is O=C1C2CC=C3C(CC4C(=O)N(c5cccc(Cl)c5)C(=O)C4(c4ccccc4)C3c3ccccc3O)C2C(=O)N1c1ccc(-c2nc3ccccc3o2)cc1. The van der Waals surface area contributed by atoms with E-state index in [9.17, 15) is 19.5 Å². The topological polar surface area (TPSA) is 121 Å². The number of carbonyl (C=O) groups excluding carboxylic acids is 4. The molecule has 3 heterocycles. The predicted molar refractivity (Wildman–Crippen MR) is 206 cm³/mol. The summed E-state index contributed by atoms with van der Waals surface area (Å²) < 4.78 is 5.94. The Balaban J connectivity index is 1.09. The molecule has 6 aromatic rings. The highest BCUT2D eigenvalue weighted by molar-refractivity contribution is 6.32. The molecule has 1 saturated carbocycles. The number of hydrogen-bond donors (Lipinski definition) is 1. The lowest BCUT2D eigenvalue weighted by Gasteiger charge is -2.50. The summed E-state index contributed by atoms with van der Waals surface area (Å²) in [4.78, 5) is 66.3. The summed E-state index contributed by atoms with van der Waals surface area (Å²) in [5.41, 5.74) is 3.26. The first-order chi connectivity index (χ1) is 26.8. The third kappa shape index (κ3) is 4.75. The number of phenols is 1. The van der Waals surface area contributed by atoms with Gasteiger partial charge in [-0.05, 0) is 85.0 Å². The molecule has 1 N–H and O–H groups in total. The van der Waals surface area contributed by atoms with Crippen molar-refractivity contribution < 1.29 is 28.7 Å². The molecule has 3 fully saturated rings. The molecule has 10 rings (SSSR count). The van der Waals surface area contributed by atoms with Gasteiger partial charge in [0.2, 0.25) is 29.5 Å². The van der Waals surface area contributed by atoms with Gasteiger partial charge in [0.15, 0.2) is 5.58 Å². The molecule has 2 aliphatic carbocycles.